The standard InChI is InChI=1S/C13H18FN/c1-8-4-5-11(14)9(6-8)12-10(7-15)13(12,2)3/h4-6,10,12H,7,15H2,1-3H3/t10-,12-/m1/s1. The number of aryl methyl sites for hydroxylation is 1. The van der Waals surface area contributed by atoms with Gasteiger partial charge in [0, 0.05) is 0 Å². The minimum Gasteiger partial charge on any atom is -0.330 e. The molecule has 0 unspecified atom stereocenters. The summed E-state index contributed by atoms with van der Waals surface area (Å²) in [5.41, 5.74) is 7.82. The molecule has 0 radical (unpaired) electrons. The van der Waals surface area contributed by atoms with Crippen molar-refractivity contribution < 1.29 is 4.39 Å². The maximum Gasteiger partial charge on any atom is 0.126 e. The Hall–Kier alpha value is -0.890. The molecule has 2 N–H and O–H groups in total. The second-order valence-corrected chi connectivity index (χ2v) is 5.17. The van der Waals surface area contributed by atoms with E-state index in [-0.39, 0.29) is 11.2 Å². The molecule has 82 valence electrons. The fourth-order valence-corrected chi connectivity index (χ4v) is 2.70. The van der Waals surface area contributed by atoms with Gasteiger partial charge in [-0.25, -0.2) is 4.39 Å². The van der Waals surface area contributed by atoms with Gasteiger partial charge in [-0.15, -0.1) is 0 Å². The topological polar surface area (TPSA) is 26.0 Å². The van der Waals surface area contributed by atoms with Crippen molar-refractivity contribution in [2.24, 2.45) is 17.1 Å². The molecule has 0 heterocycles. The number of nitrogens with two attached hydrogens (primary N) is 1. The van der Waals surface area contributed by atoms with E-state index in [2.05, 4.69) is 13.8 Å². The summed E-state index contributed by atoms with van der Waals surface area (Å²) in [6.45, 7) is 6.97. The van der Waals surface area contributed by atoms with Crippen molar-refractivity contribution in [1.82, 2.24) is 0 Å². The molecule has 2 rings (SSSR count). The van der Waals surface area contributed by atoms with Crippen molar-refractivity contribution in [3.63, 3.8) is 0 Å². The first-order chi connectivity index (χ1) is 6.98. The van der Waals surface area contributed by atoms with Crippen LogP contribution in [0.25, 0.3) is 0 Å². The summed E-state index contributed by atoms with van der Waals surface area (Å²) in [5.74, 6) is 0.630. The Bertz CT molecular complexity index is 384. The average molecular weight is 207 g/mol. The summed E-state index contributed by atoms with van der Waals surface area (Å²) in [5, 5.41) is 0. The van der Waals surface area contributed by atoms with Gasteiger partial charge in [-0.3, -0.25) is 0 Å². The highest BCUT2D eigenvalue weighted by Crippen LogP contribution is 2.64. The lowest BCUT2D eigenvalue weighted by Crippen LogP contribution is -2.05. The molecule has 0 aromatic heterocycles. The monoisotopic (exact) mass is 207 g/mol. The first-order valence-corrected chi connectivity index (χ1v) is 5.44. The predicted molar refractivity (Wildman–Crippen MR) is 60.2 cm³/mol. The lowest BCUT2D eigenvalue weighted by atomic mass is 10.0. The highest BCUT2D eigenvalue weighted by Gasteiger charge is 2.57. The van der Waals surface area contributed by atoms with Gasteiger partial charge in [-0.2, -0.15) is 0 Å². The van der Waals surface area contributed by atoms with E-state index in [1.807, 2.05) is 19.1 Å². The molecule has 0 saturated heterocycles. The smallest absolute Gasteiger partial charge is 0.126 e. The Morgan fingerprint density at radius 3 is 2.60 bits per heavy atom. The highest BCUT2D eigenvalue weighted by molar-refractivity contribution is 5.35. The first kappa shape index (κ1) is 10.6. The molecule has 0 aliphatic heterocycles. The van der Waals surface area contributed by atoms with Crippen LogP contribution in [-0.4, -0.2) is 6.54 Å². The van der Waals surface area contributed by atoms with Gasteiger partial charge >= 0.3 is 0 Å². The van der Waals surface area contributed by atoms with E-state index in [9.17, 15) is 4.39 Å². The number of hydrogen-bond donors (Lipinski definition) is 1. The fourth-order valence-electron chi connectivity index (χ4n) is 2.70. The SMILES string of the molecule is Cc1ccc(F)c([C@@H]2[C@@H](CN)C2(C)C)c1. The van der Waals surface area contributed by atoms with Crippen LogP contribution in [-0.2, 0) is 0 Å². The Labute approximate surface area is 90.5 Å². The molecular formula is C13H18FN. The number of benzene rings is 1. The minimum atomic E-state index is -0.0883. The van der Waals surface area contributed by atoms with Crippen LogP contribution in [0, 0.1) is 24.1 Å². The lowest BCUT2D eigenvalue weighted by molar-refractivity contribution is 0.551. The normalized spacial score (nSPS) is 27.8. The van der Waals surface area contributed by atoms with E-state index in [0.717, 1.165) is 11.1 Å². The summed E-state index contributed by atoms with van der Waals surface area (Å²) in [7, 11) is 0. The van der Waals surface area contributed by atoms with Crippen molar-refractivity contribution in [1.29, 1.82) is 0 Å². The molecule has 0 amide bonds. The molecule has 1 aliphatic carbocycles. The van der Waals surface area contributed by atoms with Crippen LogP contribution in [0.15, 0.2) is 18.2 Å². The zero-order valence-electron chi connectivity index (χ0n) is 9.55. The van der Waals surface area contributed by atoms with Gasteiger partial charge in [0.15, 0.2) is 0 Å². The van der Waals surface area contributed by atoms with Crippen LogP contribution in [0.5, 0.6) is 0 Å². The number of rotatable bonds is 2. The van der Waals surface area contributed by atoms with Gasteiger partial charge < -0.3 is 5.73 Å². The fraction of sp³-hybridized carbons (Fsp3) is 0.538. The predicted octanol–water partition coefficient (Wildman–Crippen LogP) is 2.83. The summed E-state index contributed by atoms with van der Waals surface area (Å²) in [4.78, 5) is 0. The van der Waals surface area contributed by atoms with E-state index >= 15 is 0 Å². The molecule has 1 fully saturated rings. The average Bonchev–Trinajstić information content (AvgIpc) is 2.72. The molecule has 1 saturated carbocycles. The van der Waals surface area contributed by atoms with Crippen LogP contribution in [0.1, 0.15) is 30.9 Å². The zero-order chi connectivity index (χ0) is 11.2. The van der Waals surface area contributed by atoms with Crippen molar-refractivity contribution in [2.75, 3.05) is 6.54 Å². The summed E-state index contributed by atoms with van der Waals surface area (Å²) in [6, 6.07) is 5.33. The van der Waals surface area contributed by atoms with E-state index in [4.69, 9.17) is 5.73 Å². The Morgan fingerprint density at radius 1 is 1.40 bits per heavy atom. The molecule has 0 bridgehead atoms. The van der Waals surface area contributed by atoms with Crippen LogP contribution < -0.4 is 5.73 Å². The minimum absolute atomic E-state index is 0.0883. The third kappa shape index (κ3) is 1.57. The summed E-state index contributed by atoms with van der Waals surface area (Å²) < 4.78 is 13.7. The number of hydrogen-bond acceptors (Lipinski definition) is 1. The summed E-state index contributed by atoms with van der Waals surface area (Å²) in [6.07, 6.45) is 0. The Morgan fingerprint density at radius 2 is 2.07 bits per heavy atom. The molecule has 1 aromatic rings. The van der Waals surface area contributed by atoms with Crippen molar-refractivity contribution in [3.05, 3.63) is 35.1 Å². The van der Waals surface area contributed by atoms with E-state index in [1.165, 1.54) is 0 Å². The molecular weight excluding hydrogens is 189 g/mol. The van der Waals surface area contributed by atoms with E-state index in [1.54, 1.807) is 6.07 Å². The van der Waals surface area contributed by atoms with Crippen molar-refractivity contribution in [2.45, 2.75) is 26.7 Å². The van der Waals surface area contributed by atoms with Gasteiger partial charge in [0.05, 0.1) is 0 Å². The second kappa shape index (κ2) is 3.31. The van der Waals surface area contributed by atoms with Crippen molar-refractivity contribution in [3.8, 4) is 0 Å². The third-order valence-electron chi connectivity index (χ3n) is 3.79. The zero-order valence-corrected chi connectivity index (χ0v) is 9.55. The second-order valence-electron chi connectivity index (χ2n) is 5.17. The summed E-state index contributed by atoms with van der Waals surface area (Å²) >= 11 is 0. The molecule has 1 aromatic carbocycles. The van der Waals surface area contributed by atoms with E-state index in [0.29, 0.717) is 18.4 Å². The third-order valence-corrected chi connectivity index (χ3v) is 3.79. The van der Waals surface area contributed by atoms with Crippen LogP contribution in [0.2, 0.25) is 0 Å². The van der Waals surface area contributed by atoms with Gasteiger partial charge in [0.2, 0.25) is 0 Å². The number of halogens is 1. The van der Waals surface area contributed by atoms with Gasteiger partial charge in [0.25, 0.3) is 0 Å². The van der Waals surface area contributed by atoms with Gasteiger partial charge in [0.1, 0.15) is 5.82 Å². The maximum absolute atomic E-state index is 13.7. The molecule has 2 atom stereocenters. The first-order valence-electron chi connectivity index (χ1n) is 5.44. The van der Waals surface area contributed by atoms with Crippen LogP contribution in [0.3, 0.4) is 0 Å². The van der Waals surface area contributed by atoms with Crippen molar-refractivity contribution >= 4 is 0 Å². The molecule has 0 spiro atoms. The quantitative estimate of drug-likeness (QED) is 0.793. The highest BCUT2D eigenvalue weighted by atomic mass is 19.1. The molecule has 1 nitrogen and oxygen atoms in total. The molecule has 1 aliphatic rings. The Balaban J connectivity index is 2.36. The largest absolute Gasteiger partial charge is 0.330 e. The van der Waals surface area contributed by atoms with Crippen LogP contribution in [0.4, 0.5) is 4.39 Å². The van der Waals surface area contributed by atoms with Gasteiger partial charge in [-0.1, -0.05) is 31.5 Å². The van der Waals surface area contributed by atoms with Gasteiger partial charge in [-0.05, 0) is 42.3 Å². The van der Waals surface area contributed by atoms with Crippen LogP contribution >= 0.6 is 0 Å². The molecule has 2 heteroatoms. The Kier molecular flexibility index (Phi) is 2.34. The molecule has 15 heavy (non-hydrogen) atoms. The van der Waals surface area contributed by atoms with E-state index < -0.39 is 0 Å². The maximum atomic E-state index is 13.7. The lowest BCUT2D eigenvalue weighted by Gasteiger charge is -2.05.